The Morgan fingerprint density at radius 3 is 2.30 bits per heavy atom. The van der Waals surface area contributed by atoms with Gasteiger partial charge in [-0.1, -0.05) is 37.9 Å². The molecule has 0 aliphatic heterocycles. The summed E-state index contributed by atoms with van der Waals surface area (Å²) in [6.07, 6.45) is 0. The fourth-order valence-electron chi connectivity index (χ4n) is 1.69. The summed E-state index contributed by atoms with van der Waals surface area (Å²) in [4.78, 5) is 0.248. The van der Waals surface area contributed by atoms with E-state index in [4.69, 9.17) is 0 Å². The Kier molecular flexibility index (Phi) is 4.56. The van der Waals surface area contributed by atoms with Crippen molar-refractivity contribution in [2.45, 2.75) is 18.7 Å². The molecule has 0 saturated heterocycles. The summed E-state index contributed by atoms with van der Waals surface area (Å²) in [5.74, 6) is 0. The Morgan fingerprint density at radius 2 is 1.65 bits per heavy atom. The van der Waals surface area contributed by atoms with Crippen LogP contribution in [0.3, 0.4) is 0 Å². The number of benzene rings is 2. The maximum Gasteiger partial charge on any atom is 0.261 e. The molecule has 20 heavy (non-hydrogen) atoms. The van der Waals surface area contributed by atoms with Gasteiger partial charge in [-0.05, 0) is 55.3 Å². The zero-order valence-corrected chi connectivity index (χ0v) is 14.9. The van der Waals surface area contributed by atoms with Crippen molar-refractivity contribution in [2.24, 2.45) is 0 Å². The quantitative estimate of drug-likeness (QED) is 0.789. The number of hydrogen-bond acceptors (Lipinski definition) is 2. The van der Waals surface area contributed by atoms with Gasteiger partial charge in [-0.15, -0.1) is 0 Å². The van der Waals surface area contributed by atoms with E-state index in [1.165, 1.54) is 0 Å². The van der Waals surface area contributed by atoms with E-state index >= 15 is 0 Å². The molecule has 0 saturated carbocycles. The molecule has 2 rings (SSSR count). The summed E-state index contributed by atoms with van der Waals surface area (Å²) in [6.45, 7) is 3.71. The molecule has 0 heterocycles. The van der Waals surface area contributed by atoms with Crippen LogP contribution in [-0.4, -0.2) is 8.42 Å². The Balaban J connectivity index is 2.40. The molecule has 0 unspecified atom stereocenters. The van der Waals surface area contributed by atoms with Crippen LogP contribution in [0.2, 0.25) is 0 Å². The first kappa shape index (κ1) is 15.5. The third-order valence-corrected chi connectivity index (χ3v) is 5.63. The molecule has 2 aromatic rings. The Morgan fingerprint density at radius 1 is 0.950 bits per heavy atom. The maximum absolute atomic E-state index is 12.4. The number of rotatable bonds is 3. The molecule has 0 spiro atoms. The average molecular weight is 419 g/mol. The van der Waals surface area contributed by atoms with Crippen LogP contribution in [0.5, 0.6) is 0 Å². The first-order chi connectivity index (χ1) is 9.29. The number of nitrogens with one attached hydrogen (secondary N) is 1. The van der Waals surface area contributed by atoms with Gasteiger partial charge in [0.2, 0.25) is 0 Å². The van der Waals surface area contributed by atoms with Gasteiger partial charge in [0.25, 0.3) is 10.0 Å². The van der Waals surface area contributed by atoms with Gasteiger partial charge in [0, 0.05) is 8.95 Å². The normalized spacial score (nSPS) is 11.4. The molecule has 0 aliphatic carbocycles. The molecular formula is C14H13Br2NO2S. The summed E-state index contributed by atoms with van der Waals surface area (Å²) in [7, 11) is -3.58. The smallest absolute Gasteiger partial charge is 0.261 e. The van der Waals surface area contributed by atoms with Crippen molar-refractivity contribution in [3.05, 3.63) is 56.5 Å². The van der Waals surface area contributed by atoms with Crippen LogP contribution in [0.15, 0.2) is 50.2 Å². The predicted octanol–water partition coefficient (Wildman–Crippen LogP) is 4.63. The van der Waals surface area contributed by atoms with Crippen molar-refractivity contribution in [2.75, 3.05) is 4.72 Å². The molecule has 1 N–H and O–H groups in total. The summed E-state index contributed by atoms with van der Waals surface area (Å²) in [6, 6.07) is 10.4. The van der Waals surface area contributed by atoms with Crippen LogP contribution in [-0.2, 0) is 10.0 Å². The van der Waals surface area contributed by atoms with Crippen LogP contribution in [0.1, 0.15) is 11.1 Å². The van der Waals surface area contributed by atoms with Crippen LogP contribution in [0.25, 0.3) is 0 Å². The second-order valence-corrected chi connectivity index (χ2v) is 7.93. The topological polar surface area (TPSA) is 46.2 Å². The van der Waals surface area contributed by atoms with Crippen molar-refractivity contribution in [1.82, 2.24) is 0 Å². The van der Waals surface area contributed by atoms with E-state index in [9.17, 15) is 8.42 Å². The number of hydrogen-bond donors (Lipinski definition) is 1. The van der Waals surface area contributed by atoms with Gasteiger partial charge in [-0.3, -0.25) is 4.72 Å². The van der Waals surface area contributed by atoms with Gasteiger partial charge in [-0.25, -0.2) is 8.42 Å². The average Bonchev–Trinajstić information content (AvgIpc) is 2.36. The van der Waals surface area contributed by atoms with Gasteiger partial charge in [0.1, 0.15) is 0 Å². The predicted molar refractivity (Wildman–Crippen MR) is 88.6 cm³/mol. The minimum absolute atomic E-state index is 0.248. The minimum atomic E-state index is -3.58. The summed E-state index contributed by atoms with van der Waals surface area (Å²) in [5, 5.41) is 0. The SMILES string of the molecule is Cc1cc(S(=O)(=O)Nc2cc(Br)ccc2C)ccc1Br. The molecule has 0 bridgehead atoms. The van der Waals surface area contributed by atoms with Crippen molar-refractivity contribution in [3.63, 3.8) is 0 Å². The lowest BCUT2D eigenvalue weighted by molar-refractivity contribution is 0.601. The zero-order chi connectivity index (χ0) is 14.9. The van der Waals surface area contributed by atoms with Crippen LogP contribution >= 0.6 is 31.9 Å². The highest BCUT2D eigenvalue weighted by molar-refractivity contribution is 9.10. The maximum atomic E-state index is 12.4. The summed E-state index contributed by atoms with van der Waals surface area (Å²) >= 11 is 6.70. The van der Waals surface area contributed by atoms with Gasteiger partial charge in [-0.2, -0.15) is 0 Å². The van der Waals surface area contributed by atoms with E-state index < -0.39 is 10.0 Å². The molecule has 3 nitrogen and oxygen atoms in total. The number of aryl methyl sites for hydroxylation is 2. The highest BCUT2D eigenvalue weighted by Crippen LogP contribution is 2.25. The lowest BCUT2D eigenvalue weighted by Crippen LogP contribution is -2.14. The van der Waals surface area contributed by atoms with Crippen molar-refractivity contribution < 1.29 is 8.42 Å². The van der Waals surface area contributed by atoms with E-state index in [1.807, 2.05) is 26.0 Å². The Labute approximate surface area is 135 Å². The van der Waals surface area contributed by atoms with E-state index in [2.05, 4.69) is 36.6 Å². The molecule has 0 radical (unpaired) electrons. The van der Waals surface area contributed by atoms with Gasteiger partial charge in [0.05, 0.1) is 10.6 Å². The third kappa shape index (κ3) is 3.42. The number of halogens is 2. The third-order valence-electron chi connectivity index (χ3n) is 2.88. The zero-order valence-electron chi connectivity index (χ0n) is 10.9. The molecule has 0 fully saturated rings. The second-order valence-electron chi connectivity index (χ2n) is 4.48. The number of anilines is 1. The summed E-state index contributed by atoms with van der Waals surface area (Å²) < 4.78 is 29.1. The highest BCUT2D eigenvalue weighted by Gasteiger charge is 2.16. The van der Waals surface area contributed by atoms with Crippen molar-refractivity contribution in [3.8, 4) is 0 Å². The van der Waals surface area contributed by atoms with Gasteiger partial charge >= 0.3 is 0 Å². The van der Waals surface area contributed by atoms with E-state index in [0.717, 1.165) is 20.1 Å². The summed E-state index contributed by atoms with van der Waals surface area (Å²) in [5.41, 5.74) is 2.31. The van der Waals surface area contributed by atoms with Gasteiger partial charge < -0.3 is 0 Å². The largest absolute Gasteiger partial charge is 0.279 e. The fraction of sp³-hybridized carbons (Fsp3) is 0.143. The lowest BCUT2D eigenvalue weighted by atomic mass is 10.2. The molecule has 0 aliphatic rings. The van der Waals surface area contributed by atoms with Gasteiger partial charge in [0.15, 0.2) is 0 Å². The molecule has 2 aromatic carbocycles. The van der Waals surface area contributed by atoms with Crippen molar-refractivity contribution >= 4 is 47.6 Å². The Bertz CT molecular complexity index is 758. The first-order valence-electron chi connectivity index (χ1n) is 5.85. The molecule has 0 aromatic heterocycles. The van der Waals surface area contributed by atoms with E-state index in [1.54, 1.807) is 24.3 Å². The van der Waals surface area contributed by atoms with Crippen LogP contribution < -0.4 is 4.72 Å². The first-order valence-corrected chi connectivity index (χ1v) is 8.91. The molecule has 106 valence electrons. The molecule has 0 atom stereocenters. The Hall–Kier alpha value is -0.850. The molecular weight excluding hydrogens is 406 g/mol. The molecule has 6 heteroatoms. The number of sulfonamides is 1. The highest BCUT2D eigenvalue weighted by atomic mass is 79.9. The van der Waals surface area contributed by atoms with Crippen LogP contribution in [0, 0.1) is 13.8 Å². The standard InChI is InChI=1S/C14H13Br2NO2S/c1-9-3-4-11(15)8-14(9)17-20(18,19)12-5-6-13(16)10(2)7-12/h3-8,17H,1-2H3. The lowest BCUT2D eigenvalue weighted by Gasteiger charge is -2.12. The molecule has 0 amide bonds. The van der Waals surface area contributed by atoms with E-state index in [0.29, 0.717) is 5.69 Å². The minimum Gasteiger partial charge on any atom is -0.279 e. The monoisotopic (exact) mass is 417 g/mol. The second kappa shape index (κ2) is 5.87. The van der Waals surface area contributed by atoms with Crippen LogP contribution in [0.4, 0.5) is 5.69 Å². The van der Waals surface area contributed by atoms with Crippen molar-refractivity contribution in [1.29, 1.82) is 0 Å². The van der Waals surface area contributed by atoms with E-state index in [-0.39, 0.29) is 4.90 Å². The fourth-order valence-corrected chi connectivity index (χ4v) is 3.51.